The van der Waals surface area contributed by atoms with Crippen molar-refractivity contribution in [3.8, 4) is 0 Å². The third kappa shape index (κ3) is 1.75. The first kappa shape index (κ1) is 10.8. The molecule has 3 heteroatoms. The molecule has 2 heterocycles. The van der Waals surface area contributed by atoms with E-state index in [-0.39, 0.29) is 5.92 Å². The molecule has 1 aromatic rings. The van der Waals surface area contributed by atoms with Crippen molar-refractivity contribution in [1.29, 1.82) is 0 Å². The maximum atomic E-state index is 12.4. The summed E-state index contributed by atoms with van der Waals surface area (Å²) in [7, 11) is 0. The number of benzene rings is 1. The Morgan fingerprint density at radius 1 is 1.41 bits per heavy atom. The quantitative estimate of drug-likeness (QED) is 0.833. The molecule has 1 unspecified atom stereocenters. The van der Waals surface area contributed by atoms with Gasteiger partial charge in [0.1, 0.15) is 0 Å². The minimum atomic E-state index is 0.141. The van der Waals surface area contributed by atoms with Crippen LogP contribution in [0.3, 0.4) is 0 Å². The van der Waals surface area contributed by atoms with Gasteiger partial charge in [0.05, 0.1) is 0 Å². The smallest absolute Gasteiger partial charge is 0.230 e. The summed E-state index contributed by atoms with van der Waals surface area (Å²) in [6.07, 6.45) is 0.998. The van der Waals surface area contributed by atoms with Crippen molar-refractivity contribution in [2.24, 2.45) is 11.8 Å². The summed E-state index contributed by atoms with van der Waals surface area (Å²) < 4.78 is 0. The number of fused-ring (bicyclic) bond motifs is 1. The van der Waals surface area contributed by atoms with Crippen LogP contribution in [-0.4, -0.2) is 25.5 Å². The monoisotopic (exact) mass is 230 g/mol. The first-order valence-electron chi connectivity index (χ1n) is 6.37. The molecule has 17 heavy (non-hydrogen) atoms. The molecule has 1 atom stereocenters. The lowest BCUT2D eigenvalue weighted by Crippen LogP contribution is -2.50. The summed E-state index contributed by atoms with van der Waals surface area (Å²) >= 11 is 0. The number of amides is 1. The highest BCUT2D eigenvalue weighted by Gasteiger charge is 2.34. The lowest BCUT2D eigenvalue weighted by atomic mass is 9.88. The maximum absolute atomic E-state index is 12.4. The minimum absolute atomic E-state index is 0.141. The Morgan fingerprint density at radius 3 is 2.88 bits per heavy atom. The molecule has 3 nitrogen and oxygen atoms in total. The van der Waals surface area contributed by atoms with E-state index < -0.39 is 0 Å². The largest absolute Gasteiger partial charge is 0.316 e. The Hall–Kier alpha value is -1.35. The van der Waals surface area contributed by atoms with Gasteiger partial charge in [-0.2, -0.15) is 0 Å². The van der Waals surface area contributed by atoms with Gasteiger partial charge in [-0.3, -0.25) is 4.79 Å². The zero-order chi connectivity index (χ0) is 11.8. The molecular formula is C14H18N2O. The summed E-state index contributed by atoms with van der Waals surface area (Å²) in [5, 5.41) is 3.24. The fourth-order valence-electron chi connectivity index (χ4n) is 2.68. The van der Waals surface area contributed by atoms with Crippen molar-refractivity contribution in [3.05, 3.63) is 29.8 Å². The third-order valence-corrected chi connectivity index (χ3v) is 4.06. The van der Waals surface area contributed by atoms with Crippen molar-refractivity contribution in [2.45, 2.75) is 13.3 Å². The molecular weight excluding hydrogens is 212 g/mol. The number of para-hydroxylation sites is 1. The molecule has 0 spiro atoms. The molecule has 0 saturated carbocycles. The lowest BCUT2D eigenvalue weighted by Gasteiger charge is -2.34. The van der Waals surface area contributed by atoms with E-state index in [0.29, 0.717) is 11.8 Å². The van der Waals surface area contributed by atoms with Gasteiger partial charge in [0.15, 0.2) is 0 Å². The number of carbonyl (C=O) groups is 1. The highest BCUT2D eigenvalue weighted by molar-refractivity contribution is 5.97. The van der Waals surface area contributed by atoms with Gasteiger partial charge in [0, 0.05) is 18.2 Å². The van der Waals surface area contributed by atoms with Crippen LogP contribution in [0.25, 0.3) is 0 Å². The number of nitrogens with zero attached hydrogens (tertiary/aromatic N) is 1. The van der Waals surface area contributed by atoms with Gasteiger partial charge in [-0.25, -0.2) is 0 Å². The highest BCUT2D eigenvalue weighted by Crippen LogP contribution is 2.30. The van der Waals surface area contributed by atoms with Crippen LogP contribution >= 0.6 is 0 Å². The zero-order valence-electron chi connectivity index (χ0n) is 10.1. The Morgan fingerprint density at radius 2 is 2.18 bits per heavy atom. The summed E-state index contributed by atoms with van der Waals surface area (Å²) in [6, 6.07) is 8.25. The second-order valence-corrected chi connectivity index (χ2v) is 5.08. The number of rotatable bonds is 2. The van der Waals surface area contributed by atoms with Crippen LogP contribution < -0.4 is 10.2 Å². The van der Waals surface area contributed by atoms with E-state index >= 15 is 0 Å². The molecule has 1 aromatic carbocycles. The van der Waals surface area contributed by atoms with Gasteiger partial charge < -0.3 is 10.2 Å². The molecule has 1 saturated heterocycles. The summed E-state index contributed by atoms with van der Waals surface area (Å²) in [5.41, 5.74) is 2.43. The molecule has 0 radical (unpaired) electrons. The topological polar surface area (TPSA) is 32.3 Å². The molecule has 0 bridgehead atoms. The molecule has 2 aliphatic rings. The maximum Gasteiger partial charge on any atom is 0.230 e. The predicted octanol–water partition coefficient (Wildman–Crippen LogP) is 1.43. The van der Waals surface area contributed by atoms with Gasteiger partial charge in [-0.15, -0.1) is 0 Å². The summed E-state index contributed by atoms with van der Waals surface area (Å²) in [5.74, 6) is 0.958. The van der Waals surface area contributed by atoms with Crippen LogP contribution in [0, 0.1) is 11.8 Å². The van der Waals surface area contributed by atoms with Crippen molar-refractivity contribution >= 4 is 11.6 Å². The average Bonchev–Trinajstić information content (AvgIpc) is 2.69. The normalized spacial score (nSPS) is 20.9. The van der Waals surface area contributed by atoms with E-state index in [1.54, 1.807) is 0 Å². The number of nitrogens with one attached hydrogen (secondary N) is 1. The second kappa shape index (κ2) is 4.15. The van der Waals surface area contributed by atoms with Crippen LogP contribution in [0.2, 0.25) is 0 Å². The third-order valence-electron chi connectivity index (χ3n) is 4.06. The van der Waals surface area contributed by atoms with E-state index in [2.05, 4.69) is 24.4 Å². The fourth-order valence-corrected chi connectivity index (χ4v) is 2.68. The summed E-state index contributed by atoms with van der Waals surface area (Å²) in [4.78, 5) is 14.4. The van der Waals surface area contributed by atoms with Crippen molar-refractivity contribution in [2.75, 3.05) is 24.5 Å². The Bertz CT molecular complexity index is 440. The minimum Gasteiger partial charge on any atom is -0.316 e. The predicted molar refractivity (Wildman–Crippen MR) is 68.0 cm³/mol. The van der Waals surface area contributed by atoms with Gasteiger partial charge in [0.25, 0.3) is 0 Å². The van der Waals surface area contributed by atoms with Gasteiger partial charge in [0.2, 0.25) is 5.91 Å². The van der Waals surface area contributed by atoms with Crippen molar-refractivity contribution < 1.29 is 4.79 Å². The van der Waals surface area contributed by atoms with E-state index in [1.807, 2.05) is 17.0 Å². The number of hydrogen-bond acceptors (Lipinski definition) is 2. The highest BCUT2D eigenvalue weighted by atomic mass is 16.2. The fraction of sp³-hybridized carbons (Fsp3) is 0.500. The van der Waals surface area contributed by atoms with E-state index in [1.165, 1.54) is 5.56 Å². The van der Waals surface area contributed by atoms with Crippen LogP contribution in [0.15, 0.2) is 24.3 Å². The molecule has 2 aliphatic heterocycles. The number of anilines is 1. The Labute approximate surface area is 102 Å². The van der Waals surface area contributed by atoms with Crippen LogP contribution in [0.4, 0.5) is 5.69 Å². The van der Waals surface area contributed by atoms with E-state index in [0.717, 1.165) is 31.7 Å². The van der Waals surface area contributed by atoms with Crippen molar-refractivity contribution in [1.82, 2.24) is 5.32 Å². The number of carbonyl (C=O) groups excluding carboxylic acids is 1. The van der Waals surface area contributed by atoms with Crippen molar-refractivity contribution in [3.63, 3.8) is 0 Å². The average molecular weight is 230 g/mol. The van der Waals surface area contributed by atoms with Gasteiger partial charge in [-0.05, 0) is 37.1 Å². The standard InChI is InChI=1S/C14H18N2O/c1-10(12-8-15-9-12)14(17)16-7-6-11-4-2-3-5-13(11)16/h2-5,10,12,15H,6-9H2,1H3. The van der Waals surface area contributed by atoms with Crippen LogP contribution in [0.1, 0.15) is 12.5 Å². The summed E-state index contributed by atoms with van der Waals surface area (Å²) in [6.45, 7) is 4.89. The Balaban J connectivity index is 1.79. The zero-order valence-corrected chi connectivity index (χ0v) is 10.1. The van der Waals surface area contributed by atoms with E-state index in [4.69, 9.17) is 0 Å². The molecule has 1 N–H and O–H groups in total. The molecule has 0 aliphatic carbocycles. The van der Waals surface area contributed by atoms with Gasteiger partial charge >= 0.3 is 0 Å². The molecule has 1 fully saturated rings. The SMILES string of the molecule is CC(C(=O)N1CCc2ccccc21)C1CNC1. The van der Waals surface area contributed by atoms with Crippen LogP contribution in [-0.2, 0) is 11.2 Å². The second-order valence-electron chi connectivity index (χ2n) is 5.08. The molecule has 90 valence electrons. The number of hydrogen-bond donors (Lipinski definition) is 1. The van der Waals surface area contributed by atoms with Crippen LogP contribution in [0.5, 0.6) is 0 Å². The molecule has 1 amide bonds. The molecule has 3 rings (SSSR count). The first-order chi connectivity index (χ1) is 8.27. The first-order valence-corrected chi connectivity index (χ1v) is 6.37. The van der Waals surface area contributed by atoms with Gasteiger partial charge in [-0.1, -0.05) is 25.1 Å². The van der Waals surface area contributed by atoms with E-state index in [9.17, 15) is 4.79 Å². The Kier molecular flexibility index (Phi) is 2.63. The molecule has 0 aromatic heterocycles. The lowest BCUT2D eigenvalue weighted by molar-refractivity contribution is -0.123.